The van der Waals surface area contributed by atoms with Crippen LogP contribution in [-0.4, -0.2) is 34.4 Å². The predicted octanol–water partition coefficient (Wildman–Crippen LogP) is 3.44. The molecule has 0 unspecified atom stereocenters. The molecule has 1 heterocycles. The average Bonchev–Trinajstić information content (AvgIpc) is 3.06. The molecule has 0 atom stereocenters. The number of aromatic nitrogens is 2. The Hall–Kier alpha value is -3.62. The van der Waals surface area contributed by atoms with Crippen LogP contribution < -0.4 is 10.8 Å². The molecule has 8 nitrogen and oxygen atoms in total. The molecule has 0 bridgehead atoms. The van der Waals surface area contributed by atoms with Gasteiger partial charge in [0.1, 0.15) is 0 Å². The van der Waals surface area contributed by atoms with E-state index in [0.717, 1.165) is 12.1 Å². The van der Waals surface area contributed by atoms with Crippen molar-refractivity contribution < 1.29 is 27.9 Å². The lowest BCUT2D eigenvalue weighted by atomic mass is 10.1. The standard InChI is InChI=1S/C19H16F3N5O3/c1-30-6-5-27-16-8-12(10-23)14(19(20,21)22)9-15(16)25-18(27)24-13-4-2-3-11(7-13)17(28)26-29/h2-4,7-9,29H,5-6H2,1H3,(H,24,25)(H,26,28). The van der Waals surface area contributed by atoms with Gasteiger partial charge in [0, 0.05) is 24.9 Å². The number of nitriles is 1. The van der Waals surface area contributed by atoms with Crippen LogP contribution >= 0.6 is 0 Å². The number of nitrogens with one attached hydrogen (secondary N) is 2. The SMILES string of the molecule is COCCn1c(Nc2cccc(C(=O)NO)c2)nc2cc(C(F)(F)F)c(C#N)cc21. The van der Waals surface area contributed by atoms with Gasteiger partial charge in [-0.3, -0.25) is 10.0 Å². The first-order valence-electron chi connectivity index (χ1n) is 8.60. The Kier molecular flexibility index (Phi) is 5.91. The molecule has 0 aliphatic carbocycles. The van der Waals surface area contributed by atoms with E-state index in [-0.39, 0.29) is 30.2 Å². The quantitative estimate of drug-likeness (QED) is 0.417. The maximum absolute atomic E-state index is 13.3. The smallest absolute Gasteiger partial charge is 0.383 e. The summed E-state index contributed by atoms with van der Waals surface area (Å²) < 4.78 is 46.5. The average molecular weight is 419 g/mol. The van der Waals surface area contributed by atoms with Gasteiger partial charge in [0.05, 0.1) is 34.8 Å². The number of amides is 1. The van der Waals surface area contributed by atoms with Crippen molar-refractivity contribution in [2.45, 2.75) is 12.7 Å². The Morgan fingerprint density at radius 1 is 1.33 bits per heavy atom. The van der Waals surface area contributed by atoms with E-state index in [1.54, 1.807) is 22.8 Å². The zero-order valence-corrected chi connectivity index (χ0v) is 15.6. The summed E-state index contributed by atoms with van der Waals surface area (Å²) in [6.45, 7) is 0.498. The second kappa shape index (κ2) is 8.40. The summed E-state index contributed by atoms with van der Waals surface area (Å²) in [6, 6.07) is 9.64. The van der Waals surface area contributed by atoms with E-state index in [0.29, 0.717) is 11.2 Å². The van der Waals surface area contributed by atoms with Crippen LogP contribution in [0.15, 0.2) is 36.4 Å². The van der Waals surface area contributed by atoms with Crippen molar-refractivity contribution in [2.75, 3.05) is 19.0 Å². The third-order valence-corrected chi connectivity index (χ3v) is 4.31. The summed E-state index contributed by atoms with van der Waals surface area (Å²) in [5, 5.41) is 20.9. The number of hydrogen-bond acceptors (Lipinski definition) is 6. The Balaban J connectivity index is 2.12. The maximum Gasteiger partial charge on any atom is 0.417 e. The fourth-order valence-corrected chi connectivity index (χ4v) is 2.93. The minimum absolute atomic E-state index is 0.0455. The van der Waals surface area contributed by atoms with Crippen LogP contribution in [-0.2, 0) is 17.5 Å². The van der Waals surface area contributed by atoms with Crippen molar-refractivity contribution in [2.24, 2.45) is 0 Å². The van der Waals surface area contributed by atoms with E-state index in [1.807, 2.05) is 0 Å². The van der Waals surface area contributed by atoms with Crippen LogP contribution in [0.2, 0.25) is 0 Å². The summed E-state index contributed by atoms with van der Waals surface area (Å²) >= 11 is 0. The normalized spacial score (nSPS) is 11.3. The number of rotatable bonds is 6. The lowest BCUT2D eigenvalue weighted by molar-refractivity contribution is -0.137. The van der Waals surface area contributed by atoms with Gasteiger partial charge in [-0.25, -0.2) is 10.5 Å². The number of halogens is 3. The second-order valence-corrected chi connectivity index (χ2v) is 6.22. The number of benzene rings is 2. The number of imidazole rings is 1. The third kappa shape index (κ3) is 4.19. The lowest BCUT2D eigenvalue weighted by Crippen LogP contribution is -2.18. The molecule has 0 aliphatic heterocycles. The topological polar surface area (TPSA) is 112 Å². The monoisotopic (exact) mass is 419 g/mol. The van der Waals surface area contributed by atoms with Gasteiger partial charge >= 0.3 is 6.18 Å². The van der Waals surface area contributed by atoms with Gasteiger partial charge in [-0.1, -0.05) is 6.07 Å². The molecule has 0 saturated heterocycles. The zero-order valence-electron chi connectivity index (χ0n) is 15.6. The van der Waals surface area contributed by atoms with Gasteiger partial charge < -0.3 is 14.6 Å². The number of nitrogens with zero attached hydrogens (tertiary/aromatic N) is 3. The molecule has 0 saturated carbocycles. The van der Waals surface area contributed by atoms with Gasteiger partial charge in [0.2, 0.25) is 5.95 Å². The molecule has 30 heavy (non-hydrogen) atoms. The highest BCUT2D eigenvalue weighted by Gasteiger charge is 2.34. The van der Waals surface area contributed by atoms with Crippen molar-refractivity contribution in [3.05, 3.63) is 53.1 Å². The van der Waals surface area contributed by atoms with E-state index in [2.05, 4.69) is 10.3 Å². The summed E-state index contributed by atoms with van der Waals surface area (Å²) in [4.78, 5) is 15.8. The molecule has 3 rings (SSSR count). The fourth-order valence-electron chi connectivity index (χ4n) is 2.93. The molecule has 0 spiro atoms. The van der Waals surface area contributed by atoms with Gasteiger partial charge in [0.15, 0.2) is 0 Å². The summed E-state index contributed by atoms with van der Waals surface area (Å²) in [6.07, 6.45) is -4.70. The molecule has 3 N–H and O–H groups in total. The first-order valence-corrected chi connectivity index (χ1v) is 8.60. The molecule has 11 heteroatoms. The van der Waals surface area contributed by atoms with Crippen LogP contribution in [0.5, 0.6) is 0 Å². The van der Waals surface area contributed by atoms with Gasteiger partial charge in [-0.2, -0.15) is 18.4 Å². The summed E-state index contributed by atoms with van der Waals surface area (Å²) in [5.41, 5.74) is 0.892. The highest BCUT2D eigenvalue weighted by molar-refractivity contribution is 5.94. The minimum atomic E-state index is -4.70. The highest BCUT2D eigenvalue weighted by Crippen LogP contribution is 2.35. The number of fused-ring (bicyclic) bond motifs is 1. The van der Waals surface area contributed by atoms with Gasteiger partial charge in [0.25, 0.3) is 5.91 Å². The highest BCUT2D eigenvalue weighted by atomic mass is 19.4. The molecule has 1 aromatic heterocycles. The van der Waals surface area contributed by atoms with Crippen LogP contribution in [0.1, 0.15) is 21.5 Å². The number of alkyl halides is 3. The summed E-state index contributed by atoms with van der Waals surface area (Å²) in [5.74, 6) is -0.521. The van der Waals surface area contributed by atoms with Crippen molar-refractivity contribution in [1.29, 1.82) is 5.26 Å². The van der Waals surface area contributed by atoms with E-state index in [9.17, 15) is 23.2 Å². The largest absolute Gasteiger partial charge is 0.417 e. The Bertz CT molecular complexity index is 1130. The van der Waals surface area contributed by atoms with Crippen LogP contribution in [0.25, 0.3) is 11.0 Å². The predicted molar refractivity (Wildman–Crippen MR) is 100 cm³/mol. The Morgan fingerprint density at radius 2 is 2.10 bits per heavy atom. The first kappa shape index (κ1) is 21.1. The molecule has 3 aromatic rings. The Morgan fingerprint density at radius 3 is 2.73 bits per heavy atom. The molecule has 2 aromatic carbocycles. The second-order valence-electron chi connectivity index (χ2n) is 6.22. The molecule has 0 radical (unpaired) electrons. The molecule has 0 fully saturated rings. The maximum atomic E-state index is 13.3. The summed E-state index contributed by atoms with van der Waals surface area (Å²) in [7, 11) is 1.48. The lowest BCUT2D eigenvalue weighted by Gasteiger charge is -2.12. The molecular formula is C19H16F3N5O3. The number of hydroxylamine groups is 1. The fraction of sp³-hybridized carbons (Fsp3) is 0.211. The molecule has 0 aliphatic rings. The van der Waals surface area contributed by atoms with E-state index >= 15 is 0 Å². The van der Waals surface area contributed by atoms with Gasteiger partial charge in [-0.05, 0) is 30.3 Å². The van der Waals surface area contributed by atoms with Crippen molar-refractivity contribution in [1.82, 2.24) is 15.0 Å². The van der Waals surface area contributed by atoms with Crippen LogP contribution in [0.3, 0.4) is 0 Å². The van der Waals surface area contributed by atoms with Crippen molar-refractivity contribution in [3.63, 3.8) is 0 Å². The van der Waals surface area contributed by atoms with E-state index in [4.69, 9.17) is 9.94 Å². The molecule has 156 valence electrons. The number of hydrogen-bond donors (Lipinski definition) is 3. The van der Waals surface area contributed by atoms with Crippen molar-refractivity contribution >= 4 is 28.6 Å². The number of ether oxygens (including phenoxy) is 1. The zero-order chi connectivity index (χ0) is 21.9. The first-order chi connectivity index (χ1) is 14.3. The van der Waals surface area contributed by atoms with E-state index < -0.39 is 23.2 Å². The number of carbonyl (C=O) groups is 1. The van der Waals surface area contributed by atoms with E-state index in [1.165, 1.54) is 24.7 Å². The van der Waals surface area contributed by atoms with Crippen LogP contribution in [0.4, 0.5) is 24.8 Å². The molecule has 1 amide bonds. The number of carbonyl (C=O) groups excluding carboxylic acids is 1. The van der Waals surface area contributed by atoms with Gasteiger partial charge in [-0.15, -0.1) is 0 Å². The Labute approximate surface area is 168 Å². The third-order valence-electron chi connectivity index (χ3n) is 4.31. The van der Waals surface area contributed by atoms with Crippen molar-refractivity contribution in [3.8, 4) is 6.07 Å². The van der Waals surface area contributed by atoms with Crippen LogP contribution in [0, 0.1) is 11.3 Å². The number of methoxy groups -OCH3 is 1. The number of anilines is 2. The minimum Gasteiger partial charge on any atom is -0.383 e. The molecular weight excluding hydrogens is 403 g/mol.